The molecule has 0 radical (unpaired) electrons. The number of amides is 1. The number of hydrogen-bond donors (Lipinski definition) is 1. The minimum atomic E-state index is -0.129. The van der Waals surface area contributed by atoms with Gasteiger partial charge in [-0.25, -0.2) is 0 Å². The number of carbonyl (C=O) groups is 1. The van der Waals surface area contributed by atoms with Gasteiger partial charge in [0.15, 0.2) is 0 Å². The maximum Gasteiger partial charge on any atom is 0.224 e. The van der Waals surface area contributed by atoms with E-state index in [1.807, 2.05) is 12.1 Å². The van der Waals surface area contributed by atoms with E-state index in [9.17, 15) is 4.79 Å². The fraction of sp³-hybridized carbons (Fsp3) is 0.125. The summed E-state index contributed by atoms with van der Waals surface area (Å²) in [5.41, 5.74) is 2.00. The van der Waals surface area contributed by atoms with Crippen molar-refractivity contribution in [1.82, 2.24) is 0 Å². The number of nitrogens with one attached hydrogen (secondary N) is 1. The van der Waals surface area contributed by atoms with Crippen LogP contribution in [0.1, 0.15) is 17.5 Å². The van der Waals surface area contributed by atoms with E-state index in [2.05, 4.69) is 5.32 Å². The van der Waals surface area contributed by atoms with Crippen LogP contribution in [0.15, 0.2) is 42.5 Å². The topological polar surface area (TPSA) is 52.9 Å². The lowest BCUT2D eigenvalue weighted by Crippen LogP contribution is -2.12. The first-order valence-electron chi connectivity index (χ1n) is 6.32. The molecular formula is C16H12Cl2N2O. The average molecular weight is 319 g/mol. The minimum Gasteiger partial charge on any atom is -0.326 e. The number of hydrogen-bond acceptors (Lipinski definition) is 2. The van der Waals surface area contributed by atoms with E-state index >= 15 is 0 Å². The van der Waals surface area contributed by atoms with E-state index in [0.717, 1.165) is 5.56 Å². The lowest BCUT2D eigenvalue weighted by molar-refractivity contribution is -0.116. The summed E-state index contributed by atoms with van der Waals surface area (Å²) < 4.78 is 0. The Labute approximate surface area is 133 Å². The molecule has 1 amide bonds. The van der Waals surface area contributed by atoms with E-state index in [0.29, 0.717) is 34.1 Å². The summed E-state index contributed by atoms with van der Waals surface area (Å²) in [4.78, 5) is 11.9. The van der Waals surface area contributed by atoms with Crippen molar-refractivity contribution in [2.45, 2.75) is 12.8 Å². The van der Waals surface area contributed by atoms with Crippen molar-refractivity contribution in [3.05, 3.63) is 63.6 Å². The first-order chi connectivity index (χ1) is 10.1. The Bertz CT molecular complexity index is 708. The average Bonchev–Trinajstić information content (AvgIpc) is 2.46. The third-order valence-electron chi connectivity index (χ3n) is 2.91. The van der Waals surface area contributed by atoms with E-state index < -0.39 is 0 Å². The molecule has 0 aromatic heterocycles. The molecule has 0 atom stereocenters. The molecular weight excluding hydrogens is 307 g/mol. The van der Waals surface area contributed by atoms with Crippen LogP contribution in [0, 0.1) is 11.3 Å². The van der Waals surface area contributed by atoms with Gasteiger partial charge < -0.3 is 5.32 Å². The Morgan fingerprint density at radius 1 is 1.19 bits per heavy atom. The number of aryl methyl sites for hydroxylation is 1. The molecule has 0 aliphatic rings. The molecule has 106 valence electrons. The van der Waals surface area contributed by atoms with Gasteiger partial charge in [0.1, 0.15) is 0 Å². The Balaban J connectivity index is 1.94. The first-order valence-corrected chi connectivity index (χ1v) is 7.08. The molecule has 0 saturated carbocycles. The zero-order valence-electron chi connectivity index (χ0n) is 11.1. The van der Waals surface area contributed by atoms with Crippen LogP contribution in [0.3, 0.4) is 0 Å². The third-order valence-corrected chi connectivity index (χ3v) is 3.50. The number of nitriles is 1. The van der Waals surface area contributed by atoms with Crippen molar-refractivity contribution in [3.63, 3.8) is 0 Å². The number of anilines is 1. The van der Waals surface area contributed by atoms with Crippen LogP contribution in [-0.2, 0) is 11.2 Å². The molecule has 0 spiro atoms. The maximum atomic E-state index is 11.9. The highest BCUT2D eigenvalue weighted by Gasteiger charge is 2.06. The SMILES string of the molecule is N#Cc1cccc(NC(=O)CCc2ccc(Cl)cc2Cl)c1. The van der Waals surface area contributed by atoms with Crippen molar-refractivity contribution in [1.29, 1.82) is 5.26 Å². The van der Waals surface area contributed by atoms with Gasteiger partial charge in [0.25, 0.3) is 0 Å². The summed E-state index contributed by atoms with van der Waals surface area (Å²) in [5.74, 6) is -0.129. The van der Waals surface area contributed by atoms with Crippen molar-refractivity contribution in [3.8, 4) is 6.07 Å². The molecule has 0 fully saturated rings. The molecule has 0 unspecified atom stereocenters. The summed E-state index contributed by atoms with van der Waals surface area (Å²) >= 11 is 11.9. The van der Waals surface area contributed by atoms with E-state index in [4.69, 9.17) is 28.5 Å². The summed E-state index contributed by atoms with van der Waals surface area (Å²) in [6.45, 7) is 0. The van der Waals surface area contributed by atoms with E-state index in [-0.39, 0.29) is 5.91 Å². The Morgan fingerprint density at radius 3 is 2.71 bits per heavy atom. The van der Waals surface area contributed by atoms with Gasteiger partial charge in [-0.1, -0.05) is 35.3 Å². The van der Waals surface area contributed by atoms with Crippen LogP contribution in [0.2, 0.25) is 10.0 Å². The number of halogens is 2. The summed E-state index contributed by atoms with van der Waals surface area (Å²) in [6, 6.07) is 14.0. The molecule has 0 saturated heterocycles. The highest BCUT2D eigenvalue weighted by molar-refractivity contribution is 6.35. The summed E-state index contributed by atoms with van der Waals surface area (Å²) in [7, 11) is 0. The second-order valence-corrected chi connectivity index (χ2v) is 5.32. The molecule has 0 heterocycles. The highest BCUT2D eigenvalue weighted by atomic mass is 35.5. The third kappa shape index (κ3) is 4.49. The summed E-state index contributed by atoms with van der Waals surface area (Å²) in [5, 5.41) is 12.7. The normalized spacial score (nSPS) is 9.95. The molecule has 0 aliphatic carbocycles. The van der Waals surface area contributed by atoms with Gasteiger partial charge in [-0.05, 0) is 42.3 Å². The molecule has 5 heteroatoms. The molecule has 2 rings (SSSR count). The maximum absolute atomic E-state index is 11.9. The highest BCUT2D eigenvalue weighted by Crippen LogP contribution is 2.22. The zero-order valence-corrected chi connectivity index (χ0v) is 12.6. The second-order valence-electron chi connectivity index (χ2n) is 4.48. The number of benzene rings is 2. The van der Waals surface area contributed by atoms with Crippen LogP contribution < -0.4 is 5.32 Å². The first kappa shape index (κ1) is 15.4. The van der Waals surface area contributed by atoms with Gasteiger partial charge in [0.05, 0.1) is 11.6 Å². The summed E-state index contributed by atoms with van der Waals surface area (Å²) in [6.07, 6.45) is 0.831. The molecule has 3 nitrogen and oxygen atoms in total. The van der Waals surface area contributed by atoms with Gasteiger partial charge in [-0.3, -0.25) is 4.79 Å². The minimum absolute atomic E-state index is 0.129. The zero-order chi connectivity index (χ0) is 15.2. The predicted octanol–water partition coefficient (Wildman–Crippen LogP) is 4.44. The number of carbonyl (C=O) groups excluding carboxylic acids is 1. The van der Waals surface area contributed by atoms with Gasteiger partial charge >= 0.3 is 0 Å². The molecule has 2 aromatic rings. The molecule has 1 N–H and O–H groups in total. The number of nitrogens with zero attached hydrogens (tertiary/aromatic N) is 1. The van der Waals surface area contributed by atoms with Gasteiger partial charge in [-0.2, -0.15) is 5.26 Å². The van der Waals surface area contributed by atoms with E-state index in [1.165, 1.54) is 0 Å². The Kier molecular flexibility index (Phi) is 5.21. The number of rotatable bonds is 4. The molecule has 2 aromatic carbocycles. The quantitative estimate of drug-likeness (QED) is 0.906. The lowest BCUT2D eigenvalue weighted by Gasteiger charge is -2.07. The lowest BCUT2D eigenvalue weighted by atomic mass is 10.1. The molecule has 0 aliphatic heterocycles. The van der Waals surface area contributed by atoms with Gasteiger partial charge in [-0.15, -0.1) is 0 Å². The Morgan fingerprint density at radius 2 is 2.00 bits per heavy atom. The smallest absolute Gasteiger partial charge is 0.224 e. The van der Waals surface area contributed by atoms with Crippen LogP contribution in [0.5, 0.6) is 0 Å². The van der Waals surface area contributed by atoms with Crippen LogP contribution in [0.25, 0.3) is 0 Å². The van der Waals surface area contributed by atoms with Crippen molar-refractivity contribution < 1.29 is 4.79 Å². The monoisotopic (exact) mass is 318 g/mol. The van der Waals surface area contributed by atoms with E-state index in [1.54, 1.807) is 36.4 Å². The van der Waals surface area contributed by atoms with Gasteiger partial charge in [0, 0.05) is 22.2 Å². The van der Waals surface area contributed by atoms with Crippen LogP contribution in [-0.4, -0.2) is 5.91 Å². The largest absolute Gasteiger partial charge is 0.326 e. The van der Waals surface area contributed by atoms with Crippen molar-refractivity contribution in [2.24, 2.45) is 0 Å². The van der Waals surface area contributed by atoms with Crippen molar-refractivity contribution >= 4 is 34.8 Å². The fourth-order valence-electron chi connectivity index (χ4n) is 1.86. The molecule has 0 bridgehead atoms. The molecule has 21 heavy (non-hydrogen) atoms. The Hall–Kier alpha value is -2.02. The standard InChI is InChI=1S/C16H12Cl2N2O/c17-13-6-4-12(15(18)9-13)5-7-16(21)20-14-3-1-2-11(8-14)10-19/h1-4,6,8-9H,5,7H2,(H,20,21). The second kappa shape index (κ2) is 7.12. The van der Waals surface area contributed by atoms with Crippen LogP contribution in [0.4, 0.5) is 5.69 Å². The van der Waals surface area contributed by atoms with Crippen LogP contribution >= 0.6 is 23.2 Å². The van der Waals surface area contributed by atoms with Gasteiger partial charge in [0.2, 0.25) is 5.91 Å². The fourth-order valence-corrected chi connectivity index (χ4v) is 2.37. The van der Waals surface area contributed by atoms with Crippen molar-refractivity contribution in [2.75, 3.05) is 5.32 Å². The predicted molar refractivity (Wildman–Crippen MR) is 84.6 cm³/mol.